The van der Waals surface area contributed by atoms with Crippen LogP contribution < -0.4 is 5.32 Å². The number of carbonyl (C=O) groups is 2. The number of benzene rings is 2. The van der Waals surface area contributed by atoms with E-state index < -0.39 is 41.2 Å². The minimum atomic E-state index is -4.47. The highest BCUT2D eigenvalue weighted by molar-refractivity contribution is 6.31. The number of amides is 2. The van der Waals surface area contributed by atoms with E-state index in [0.717, 1.165) is 18.2 Å². The van der Waals surface area contributed by atoms with Crippen LogP contribution in [0.4, 0.5) is 23.2 Å². The molecule has 1 aliphatic rings. The number of likely N-dealkylation sites (N-methyl/N-ethyl adjacent to an activating group) is 1. The number of likely N-dealkylation sites (tertiary alicyclic amines) is 1. The van der Waals surface area contributed by atoms with Gasteiger partial charge in [0.2, 0.25) is 11.8 Å². The highest BCUT2D eigenvalue weighted by Crippen LogP contribution is 2.36. The molecule has 2 aromatic rings. The molecule has 1 aliphatic heterocycles. The van der Waals surface area contributed by atoms with Crippen LogP contribution in [0.3, 0.4) is 0 Å². The monoisotopic (exact) mass is 414 g/mol. The second-order valence-electron chi connectivity index (χ2n) is 6.54. The minimum absolute atomic E-state index is 0.187. The molecule has 1 heterocycles. The summed E-state index contributed by atoms with van der Waals surface area (Å²) >= 11 is 5.69. The summed E-state index contributed by atoms with van der Waals surface area (Å²) < 4.78 is 51.6. The van der Waals surface area contributed by atoms with Crippen molar-refractivity contribution in [1.29, 1.82) is 0 Å². The van der Waals surface area contributed by atoms with E-state index in [-0.39, 0.29) is 17.3 Å². The molecule has 148 valence electrons. The van der Waals surface area contributed by atoms with E-state index in [1.807, 2.05) is 0 Å². The van der Waals surface area contributed by atoms with Gasteiger partial charge in [-0.2, -0.15) is 13.2 Å². The summed E-state index contributed by atoms with van der Waals surface area (Å²) in [5.74, 6) is -3.47. The molecule has 2 aromatic carbocycles. The maximum atomic E-state index is 13.3. The van der Waals surface area contributed by atoms with E-state index in [1.165, 1.54) is 36.2 Å². The predicted octanol–water partition coefficient (Wildman–Crippen LogP) is 4.31. The van der Waals surface area contributed by atoms with E-state index in [0.29, 0.717) is 5.56 Å². The lowest BCUT2D eigenvalue weighted by Crippen LogP contribution is -2.32. The highest BCUT2D eigenvalue weighted by Gasteiger charge is 2.44. The Morgan fingerprint density at radius 2 is 1.82 bits per heavy atom. The Kier molecular flexibility index (Phi) is 5.34. The van der Waals surface area contributed by atoms with Crippen molar-refractivity contribution in [3.8, 4) is 0 Å². The Hall–Kier alpha value is -2.61. The largest absolute Gasteiger partial charge is 0.416 e. The molecule has 1 N–H and O–H groups in total. The first-order valence-electron chi connectivity index (χ1n) is 8.26. The summed E-state index contributed by atoms with van der Waals surface area (Å²) in [7, 11) is 1.52. The molecule has 0 aromatic heterocycles. The van der Waals surface area contributed by atoms with Gasteiger partial charge >= 0.3 is 6.18 Å². The summed E-state index contributed by atoms with van der Waals surface area (Å²) in [6, 6.07) is 7.98. The lowest BCUT2D eigenvalue weighted by Gasteiger charge is -2.18. The zero-order chi connectivity index (χ0) is 20.6. The van der Waals surface area contributed by atoms with Crippen LogP contribution in [0.25, 0.3) is 0 Å². The van der Waals surface area contributed by atoms with E-state index in [2.05, 4.69) is 5.32 Å². The molecule has 0 radical (unpaired) electrons. The Bertz CT molecular complexity index is 915. The summed E-state index contributed by atoms with van der Waals surface area (Å²) in [4.78, 5) is 26.5. The van der Waals surface area contributed by atoms with E-state index >= 15 is 0 Å². The van der Waals surface area contributed by atoms with Gasteiger partial charge in [-0.15, -0.1) is 0 Å². The van der Waals surface area contributed by atoms with Gasteiger partial charge in [-0.05, 0) is 35.9 Å². The molecule has 0 saturated carbocycles. The number of hydrogen-bond acceptors (Lipinski definition) is 2. The lowest BCUT2D eigenvalue weighted by atomic mass is 9.87. The van der Waals surface area contributed by atoms with Crippen LogP contribution in [0, 0.1) is 11.7 Å². The van der Waals surface area contributed by atoms with Crippen molar-refractivity contribution in [2.45, 2.75) is 12.1 Å². The molecule has 1 fully saturated rings. The molecule has 0 spiro atoms. The van der Waals surface area contributed by atoms with Crippen molar-refractivity contribution in [3.63, 3.8) is 0 Å². The van der Waals surface area contributed by atoms with Crippen LogP contribution in [0.15, 0.2) is 42.5 Å². The van der Waals surface area contributed by atoms with Crippen LogP contribution in [0.5, 0.6) is 0 Å². The average molecular weight is 415 g/mol. The minimum Gasteiger partial charge on any atom is -0.344 e. The third kappa shape index (κ3) is 3.96. The smallest absolute Gasteiger partial charge is 0.344 e. The zero-order valence-corrected chi connectivity index (χ0v) is 15.3. The molecule has 4 nitrogen and oxygen atoms in total. The Labute approximate surface area is 163 Å². The van der Waals surface area contributed by atoms with Crippen molar-refractivity contribution in [2.24, 2.45) is 5.92 Å². The molecular formula is C19H15ClF4N2O2. The van der Waals surface area contributed by atoms with Gasteiger partial charge in [-0.3, -0.25) is 9.59 Å². The molecule has 9 heteroatoms. The molecule has 0 aliphatic carbocycles. The number of hydrogen-bond donors (Lipinski definition) is 1. The first-order valence-corrected chi connectivity index (χ1v) is 8.64. The Morgan fingerprint density at radius 3 is 2.39 bits per heavy atom. The lowest BCUT2D eigenvalue weighted by molar-refractivity contribution is -0.138. The highest BCUT2D eigenvalue weighted by atomic mass is 35.5. The topological polar surface area (TPSA) is 49.4 Å². The maximum absolute atomic E-state index is 13.3. The van der Waals surface area contributed by atoms with Crippen molar-refractivity contribution in [2.75, 3.05) is 18.9 Å². The van der Waals surface area contributed by atoms with E-state index in [4.69, 9.17) is 11.6 Å². The van der Waals surface area contributed by atoms with Crippen LogP contribution in [-0.2, 0) is 15.8 Å². The second-order valence-corrected chi connectivity index (χ2v) is 6.95. The molecule has 3 rings (SSSR count). The fourth-order valence-corrected chi connectivity index (χ4v) is 3.39. The zero-order valence-electron chi connectivity index (χ0n) is 14.6. The van der Waals surface area contributed by atoms with Crippen LogP contribution in [0.2, 0.25) is 5.02 Å². The van der Waals surface area contributed by atoms with Gasteiger partial charge in [-0.25, -0.2) is 4.39 Å². The van der Waals surface area contributed by atoms with Gasteiger partial charge in [0.25, 0.3) is 0 Å². The van der Waals surface area contributed by atoms with Crippen LogP contribution >= 0.6 is 11.6 Å². The summed E-state index contributed by atoms with van der Waals surface area (Å²) in [5, 5.41) is 2.33. The number of anilines is 1. The van der Waals surface area contributed by atoms with Crippen molar-refractivity contribution < 1.29 is 27.2 Å². The number of rotatable bonds is 3. The third-order valence-electron chi connectivity index (χ3n) is 4.65. The van der Waals surface area contributed by atoms with E-state index in [9.17, 15) is 27.2 Å². The molecule has 2 amide bonds. The van der Waals surface area contributed by atoms with Gasteiger partial charge in [0.15, 0.2) is 0 Å². The maximum Gasteiger partial charge on any atom is 0.416 e. The summed E-state index contributed by atoms with van der Waals surface area (Å²) in [5.41, 5.74) is -0.149. The Balaban J connectivity index is 1.85. The fraction of sp³-hybridized carbons (Fsp3) is 0.263. The van der Waals surface area contributed by atoms with E-state index in [1.54, 1.807) is 0 Å². The first kappa shape index (κ1) is 20.1. The second kappa shape index (κ2) is 7.43. The molecular weight excluding hydrogens is 400 g/mol. The van der Waals surface area contributed by atoms with Gasteiger partial charge in [0, 0.05) is 25.2 Å². The van der Waals surface area contributed by atoms with Crippen molar-refractivity contribution in [1.82, 2.24) is 4.90 Å². The number of halogens is 5. The molecule has 0 bridgehead atoms. The normalized spacial score (nSPS) is 19.8. The number of carbonyl (C=O) groups excluding carboxylic acids is 2. The average Bonchev–Trinajstić information content (AvgIpc) is 2.93. The molecule has 0 unspecified atom stereocenters. The van der Waals surface area contributed by atoms with Crippen LogP contribution in [-0.4, -0.2) is 30.3 Å². The van der Waals surface area contributed by atoms with Gasteiger partial charge in [0.1, 0.15) is 11.7 Å². The molecule has 2 atom stereocenters. The summed E-state index contributed by atoms with van der Waals surface area (Å²) in [6.07, 6.45) is -4.47. The standard InChI is InChI=1S/C19H15ClF4N2O2/c1-26-9-13(10-2-4-11(5-3-10)19(22,23)24)16(18(26)28)17(27)25-12-6-7-15(21)14(20)8-12/h2-8,13,16H,9H2,1H3,(H,25,27)/t13-,16+/m1/s1. The Morgan fingerprint density at radius 1 is 1.18 bits per heavy atom. The molecule has 28 heavy (non-hydrogen) atoms. The quantitative estimate of drug-likeness (QED) is 0.601. The third-order valence-corrected chi connectivity index (χ3v) is 4.94. The number of nitrogens with one attached hydrogen (secondary N) is 1. The predicted molar refractivity (Wildman–Crippen MR) is 95.4 cm³/mol. The fourth-order valence-electron chi connectivity index (χ4n) is 3.21. The van der Waals surface area contributed by atoms with Crippen molar-refractivity contribution >= 4 is 29.1 Å². The van der Waals surface area contributed by atoms with Crippen LogP contribution in [0.1, 0.15) is 17.0 Å². The number of nitrogens with zero attached hydrogens (tertiary/aromatic N) is 1. The summed E-state index contributed by atoms with van der Waals surface area (Å²) in [6.45, 7) is 0.187. The van der Waals surface area contributed by atoms with Gasteiger partial charge < -0.3 is 10.2 Å². The van der Waals surface area contributed by atoms with Gasteiger partial charge in [-0.1, -0.05) is 23.7 Å². The van der Waals surface area contributed by atoms with Crippen molar-refractivity contribution in [3.05, 3.63) is 64.4 Å². The van der Waals surface area contributed by atoms with Gasteiger partial charge in [0.05, 0.1) is 10.6 Å². The number of alkyl halides is 3. The first-order chi connectivity index (χ1) is 13.1. The molecule has 1 saturated heterocycles. The SMILES string of the molecule is CN1C[C@H](c2ccc(C(F)(F)F)cc2)[C@@H](C(=O)Nc2ccc(F)c(Cl)c2)C1=O.